The van der Waals surface area contributed by atoms with Gasteiger partial charge >= 0.3 is 0 Å². The second kappa shape index (κ2) is 10.3. The van der Waals surface area contributed by atoms with E-state index < -0.39 is 0 Å². The Morgan fingerprint density at radius 3 is 1.75 bits per heavy atom. The van der Waals surface area contributed by atoms with Crippen molar-refractivity contribution in [1.29, 1.82) is 0 Å². The first-order valence-corrected chi connectivity index (χ1v) is 9.46. The van der Waals surface area contributed by atoms with Gasteiger partial charge in [-0.25, -0.2) is 0 Å². The molecule has 0 radical (unpaired) electrons. The Balaban J connectivity index is 1.58. The molecule has 0 fully saturated rings. The highest BCUT2D eigenvalue weighted by Crippen LogP contribution is 2.13. The Labute approximate surface area is 165 Å². The number of aromatic nitrogens is 2. The van der Waals surface area contributed by atoms with Gasteiger partial charge in [0.1, 0.15) is 0 Å². The topological polar surface area (TPSA) is 72.2 Å². The van der Waals surface area contributed by atoms with Gasteiger partial charge in [-0.3, -0.25) is 20.1 Å². The van der Waals surface area contributed by atoms with Crippen LogP contribution in [0.2, 0.25) is 0 Å². The maximum atomic E-state index is 10.8. The standard InChI is InChI=1S/C22H24N4O2/c27-26(28)22-9-7-19(8-10-22)11-16-25(17-12-20-5-1-3-14-23-20)18-13-21-6-2-4-15-24-21/h1-10,14-15H,11-13,16-18H2. The third kappa shape index (κ3) is 6.25. The number of hydrogen-bond donors (Lipinski definition) is 0. The lowest BCUT2D eigenvalue weighted by molar-refractivity contribution is -0.384. The molecule has 2 aromatic heterocycles. The first-order valence-electron chi connectivity index (χ1n) is 9.46. The lowest BCUT2D eigenvalue weighted by Crippen LogP contribution is -2.31. The van der Waals surface area contributed by atoms with Gasteiger partial charge in [0.25, 0.3) is 5.69 Å². The van der Waals surface area contributed by atoms with Gasteiger partial charge in [-0.05, 0) is 36.2 Å². The zero-order valence-corrected chi connectivity index (χ0v) is 15.8. The van der Waals surface area contributed by atoms with Gasteiger partial charge < -0.3 is 4.90 Å². The maximum Gasteiger partial charge on any atom is 0.269 e. The minimum absolute atomic E-state index is 0.130. The third-order valence-corrected chi connectivity index (χ3v) is 4.68. The van der Waals surface area contributed by atoms with Crippen molar-refractivity contribution in [2.45, 2.75) is 19.3 Å². The van der Waals surface area contributed by atoms with Crippen molar-refractivity contribution in [2.24, 2.45) is 0 Å². The van der Waals surface area contributed by atoms with E-state index in [1.165, 1.54) is 0 Å². The van der Waals surface area contributed by atoms with Gasteiger partial charge in [-0.15, -0.1) is 0 Å². The lowest BCUT2D eigenvalue weighted by Gasteiger charge is -2.22. The summed E-state index contributed by atoms with van der Waals surface area (Å²) in [6.45, 7) is 2.71. The van der Waals surface area contributed by atoms with Crippen molar-refractivity contribution in [2.75, 3.05) is 19.6 Å². The average molecular weight is 376 g/mol. The highest BCUT2D eigenvalue weighted by molar-refractivity contribution is 5.32. The summed E-state index contributed by atoms with van der Waals surface area (Å²) in [5.74, 6) is 0. The second-order valence-corrected chi connectivity index (χ2v) is 6.66. The van der Waals surface area contributed by atoms with Crippen LogP contribution in [0.25, 0.3) is 0 Å². The van der Waals surface area contributed by atoms with E-state index in [1.54, 1.807) is 12.1 Å². The van der Waals surface area contributed by atoms with Gasteiger partial charge in [-0.2, -0.15) is 0 Å². The number of nitro groups is 1. The summed E-state index contributed by atoms with van der Waals surface area (Å²) in [6.07, 6.45) is 6.28. The highest BCUT2D eigenvalue weighted by atomic mass is 16.6. The molecule has 0 saturated heterocycles. The first-order chi connectivity index (χ1) is 13.7. The predicted octanol–water partition coefficient (Wildman–Crippen LogP) is 3.71. The van der Waals surface area contributed by atoms with Crippen LogP contribution in [-0.2, 0) is 19.3 Å². The van der Waals surface area contributed by atoms with Crippen molar-refractivity contribution in [1.82, 2.24) is 14.9 Å². The zero-order chi connectivity index (χ0) is 19.6. The van der Waals surface area contributed by atoms with Crippen LogP contribution in [0.15, 0.2) is 73.1 Å². The third-order valence-electron chi connectivity index (χ3n) is 4.68. The molecule has 0 unspecified atom stereocenters. The number of benzene rings is 1. The summed E-state index contributed by atoms with van der Waals surface area (Å²) < 4.78 is 0. The fourth-order valence-electron chi connectivity index (χ4n) is 3.04. The summed E-state index contributed by atoms with van der Waals surface area (Å²) in [5.41, 5.74) is 3.40. The van der Waals surface area contributed by atoms with E-state index in [1.807, 2.05) is 60.9 Å². The number of non-ortho nitro benzene ring substituents is 1. The van der Waals surface area contributed by atoms with Crippen LogP contribution < -0.4 is 0 Å². The largest absolute Gasteiger partial charge is 0.302 e. The van der Waals surface area contributed by atoms with Gasteiger partial charge in [0.15, 0.2) is 0 Å². The van der Waals surface area contributed by atoms with Crippen LogP contribution in [0.3, 0.4) is 0 Å². The van der Waals surface area contributed by atoms with Crippen molar-refractivity contribution in [3.8, 4) is 0 Å². The summed E-state index contributed by atoms with van der Waals surface area (Å²) >= 11 is 0. The molecule has 0 amide bonds. The van der Waals surface area contributed by atoms with Crippen molar-refractivity contribution < 1.29 is 4.92 Å². The maximum absolute atomic E-state index is 10.8. The van der Waals surface area contributed by atoms with Gasteiger partial charge in [0.2, 0.25) is 0 Å². The Morgan fingerprint density at radius 1 is 0.750 bits per heavy atom. The van der Waals surface area contributed by atoms with E-state index in [9.17, 15) is 10.1 Å². The van der Waals surface area contributed by atoms with E-state index >= 15 is 0 Å². The molecule has 0 spiro atoms. The van der Waals surface area contributed by atoms with Crippen LogP contribution in [-0.4, -0.2) is 39.4 Å². The van der Waals surface area contributed by atoms with Crippen LogP contribution in [0.4, 0.5) is 5.69 Å². The lowest BCUT2D eigenvalue weighted by atomic mass is 10.1. The molecule has 2 heterocycles. The van der Waals surface area contributed by atoms with Gasteiger partial charge in [0.05, 0.1) is 4.92 Å². The predicted molar refractivity (Wildman–Crippen MR) is 109 cm³/mol. The fraction of sp³-hybridized carbons (Fsp3) is 0.273. The summed E-state index contributed by atoms with van der Waals surface area (Å²) in [4.78, 5) is 21.7. The Bertz CT molecular complexity index is 811. The average Bonchev–Trinajstić information content (AvgIpc) is 2.75. The Kier molecular flexibility index (Phi) is 7.21. The van der Waals surface area contributed by atoms with E-state index in [4.69, 9.17) is 0 Å². The monoisotopic (exact) mass is 376 g/mol. The Hall–Kier alpha value is -3.12. The molecule has 144 valence electrons. The second-order valence-electron chi connectivity index (χ2n) is 6.66. The van der Waals surface area contributed by atoms with Gasteiger partial charge in [-0.1, -0.05) is 24.3 Å². The number of nitrogens with zero attached hydrogens (tertiary/aromatic N) is 4. The molecule has 1 aromatic carbocycles. The molecular formula is C22H24N4O2. The SMILES string of the molecule is O=[N+]([O-])c1ccc(CCN(CCc2ccccn2)CCc2ccccn2)cc1. The van der Waals surface area contributed by atoms with E-state index in [-0.39, 0.29) is 10.6 Å². The van der Waals surface area contributed by atoms with Crippen molar-refractivity contribution in [3.05, 3.63) is 100 Å². The molecule has 3 aromatic rings. The molecule has 28 heavy (non-hydrogen) atoms. The van der Waals surface area contributed by atoms with Crippen LogP contribution >= 0.6 is 0 Å². The van der Waals surface area contributed by atoms with Crippen LogP contribution in [0, 0.1) is 10.1 Å². The van der Waals surface area contributed by atoms with E-state index in [2.05, 4.69) is 14.9 Å². The summed E-state index contributed by atoms with van der Waals surface area (Å²) in [7, 11) is 0. The van der Waals surface area contributed by atoms with Gasteiger partial charge in [0, 0.05) is 68.4 Å². The Morgan fingerprint density at radius 2 is 1.29 bits per heavy atom. The quantitative estimate of drug-likeness (QED) is 0.398. The minimum Gasteiger partial charge on any atom is -0.302 e. The van der Waals surface area contributed by atoms with E-state index in [0.717, 1.165) is 55.8 Å². The molecule has 0 aliphatic heterocycles. The molecule has 0 N–H and O–H groups in total. The molecule has 0 saturated carbocycles. The zero-order valence-electron chi connectivity index (χ0n) is 15.8. The molecule has 6 nitrogen and oxygen atoms in total. The highest BCUT2D eigenvalue weighted by Gasteiger charge is 2.09. The van der Waals surface area contributed by atoms with Crippen LogP contribution in [0.1, 0.15) is 17.0 Å². The molecular weight excluding hydrogens is 352 g/mol. The van der Waals surface area contributed by atoms with E-state index in [0.29, 0.717) is 0 Å². The normalized spacial score (nSPS) is 10.9. The van der Waals surface area contributed by atoms with Crippen LogP contribution in [0.5, 0.6) is 0 Å². The number of hydrogen-bond acceptors (Lipinski definition) is 5. The molecule has 0 atom stereocenters. The fourth-order valence-corrected chi connectivity index (χ4v) is 3.04. The summed E-state index contributed by atoms with van der Waals surface area (Å²) in [5, 5.41) is 10.8. The molecule has 3 rings (SSSR count). The molecule has 0 bridgehead atoms. The number of pyridine rings is 2. The number of nitro benzene ring substituents is 1. The molecule has 6 heteroatoms. The smallest absolute Gasteiger partial charge is 0.269 e. The summed E-state index contributed by atoms with van der Waals surface area (Å²) in [6, 6.07) is 18.8. The minimum atomic E-state index is -0.365. The molecule has 0 aliphatic rings. The van der Waals surface area contributed by atoms with Crippen molar-refractivity contribution in [3.63, 3.8) is 0 Å². The van der Waals surface area contributed by atoms with Crippen molar-refractivity contribution >= 4 is 5.69 Å². The molecule has 0 aliphatic carbocycles. The number of rotatable bonds is 10. The first kappa shape index (κ1) is 19.6.